The monoisotopic (exact) mass is 536 g/mol. The minimum atomic E-state index is -0.778. The molecule has 4 rings (SSSR count). The number of anilines is 2. The number of unbranched alkanes of at least 4 members (excludes halogenated alkanes) is 7. The van der Waals surface area contributed by atoms with Crippen molar-refractivity contribution in [2.24, 2.45) is 5.92 Å². The summed E-state index contributed by atoms with van der Waals surface area (Å²) in [5.41, 5.74) is 4.31. The number of para-hydroxylation sites is 1. The quantitative estimate of drug-likeness (QED) is 0.135. The first-order valence-corrected chi connectivity index (χ1v) is 14.3. The Morgan fingerprint density at radius 3 is 2.21 bits per heavy atom. The Balaban J connectivity index is 1.49. The topological polar surface area (TPSA) is 116 Å². The molecule has 2 aromatic carbocycles. The Kier molecular flexibility index (Phi) is 10.1. The molecule has 0 saturated carbocycles. The van der Waals surface area contributed by atoms with Crippen LogP contribution in [0.2, 0.25) is 0 Å². The molecular formula is C30H40N4O5. The number of aliphatic hydroxyl groups excluding tert-OH is 1. The second kappa shape index (κ2) is 13.7. The molecule has 2 saturated heterocycles. The van der Waals surface area contributed by atoms with E-state index in [1.54, 1.807) is 41.4 Å². The fraction of sp³-hybridized carbons (Fsp3) is 0.533. The molecule has 9 nitrogen and oxygen atoms in total. The van der Waals surface area contributed by atoms with Crippen LogP contribution in [0.3, 0.4) is 0 Å². The number of hydrazine groups is 1. The van der Waals surface area contributed by atoms with E-state index in [2.05, 4.69) is 12.3 Å². The lowest BCUT2D eigenvalue weighted by Crippen LogP contribution is -2.59. The lowest BCUT2D eigenvalue weighted by molar-refractivity contribution is -0.384. The molecule has 0 aliphatic carbocycles. The van der Waals surface area contributed by atoms with Crippen LogP contribution in [0.4, 0.5) is 17.1 Å². The van der Waals surface area contributed by atoms with Gasteiger partial charge in [0.15, 0.2) is 0 Å². The number of hydrogen-bond donors (Lipinski definition) is 2. The molecule has 2 fully saturated rings. The van der Waals surface area contributed by atoms with Crippen LogP contribution in [0.1, 0.15) is 77.6 Å². The molecule has 0 radical (unpaired) electrons. The molecule has 2 heterocycles. The van der Waals surface area contributed by atoms with Crippen LogP contribution in [0.25, 0.3) is 0 Å². The van der Waals surface area contributed by atoms with E-state index in [9.17, 15) is 24.8 Å². The molecule has 2 amide bonds. The number of carbonyl (C=O) groups excluding carboxylic acids is 2. The van der Waals surface area contributed by atoms with Gasteiger partial charge in [-0.15, -0.1) is 0 Å². The number of nitro benzene ring substituents is 1. The van der Waals surface area contributed by atoms with Gasteiger partial charge in [0, 0.05) is 17.8 Å². The maximum absolute atomic E-state index is 13.7. The fourth-order valence-corrected chi connectivity index (χ4v) is 5.85. The van der Waals surface area contributed by atoms with E-state index >= 15 is 0 Å². The third-order valence-corrected chi connectivity index (χ3v) is 7.97. The van der Waals surface area contributed by atoms with Gasteiger partial charge < -0.3 is 10.5 Å². The van der Waals surface area contributed by atoms with Gasteiger partial charge in [-0.2, -0.15) is 0 Å². The molecule has 1 unspecified atom stereocenters. The number of amides is 2. The minimum absolute atomic E-state index is 0.0364. The largest absolute Gasteiger partial charge is 0.391 e. The summed E-state index contributed by atoms with van der Waals surface area (Å²) in [7, 11) is 0. The van der Waals surface area contributed by atoms with Crippen LogP contribution >= 0.6 is 0 Å². The number of aliphatic hydroxyl groups is 1. The van der Waals surface area contributed by atoms with Crippen LogP contribution in [0, 0.1) is 16.0 Å². The third-order valence-electron chi connectivity index (χ3n) is 7.97. The number of imide groups is 1. The molecule has 0 bridgehead atoms. The lowest BCUT2D eigenvalue weighted by Gasteiger charge is -2.43. The highest BCUT2D eigenvalue weighted by atomic mass is 16.6. The lowest BCUT2D eigenvalue weighted by atomic mass is 9.85. The van der Waals surface area contributed by atoms with Crippen molar-refractivity contribution in [3.63, 3.8) is 0 Å². The molecular weight excluding hydrogens is 496 g/mol. The van der Waals surface area contributed by atoms with Gasteiger partial charge in [-0.3, -0.25) is 19.7 Å². The molecule has 0 aromatic heterocycles. The van der Waals surface area contributed by atoms with E-state index in [1.807, 2.05) is 6.07 Å². The standard InChI is InChI=1S/C30H40N4O5/c1-2-3-4-5-6-7-8-12-15-27(35)26-21-20-25-28(30(37)32(29(25)36)23-13-10-9-11-14-23)33(26)31-22-16-18-24(19-17-22)34(38)39/h9-11,13-14,16-19,25-28,31,35H,2-8,12,15,20-21H2,1H3/t25?,26-,27-,28+/m1/s1. The van der Waals surface area contributed by atoms with E-state index in [-0.39, 0.29) is 23.5 Å². The van der Waals surface area contributed by atoms with Crippen LogP contribution < -0.4 is 10.3 Å². The van der Waals surface area contributed by atoms with Crippen LogP contribution in [-0.2, 0) is 9.59 Å². The number of rotatable bonds is 14. The Bertz CT molecular complexity index is 1110. The molecule has 2 aliphatic heterocycles. The summed E-state index contributed by atoms with van der Waals surface area (Å²) < 4.78 is 0. The Hall–Kier alpha value is -3.30. The summed E-state index contributed by atoms with van der Waals surface area (Å²) in [6.45, 7) is 2.21. The van der Waals surface area contributed by atoms with Gasteiger partial charge >= 0.3 is 0 Å². The summed E-state index contributed by atoms with van der Waals surface area (Å²) in [5, 5.41) is 24.1. The van der Waals surface area contributed by atoms with E-state index in [4.69, 9.17) is 0 Å². The molecule has 39 heavy (non-hydrogen) atoms. The molecule has 0 spiro atoms. The summed E-state index contributed by atoms with van der Waals surface area (Å²) in [6, 6.07) is 13.7. The van der Waals surface area contributed by atoms with Crippen molar-refractivity contribution in [2.75, 3.05) is 10.3 Å². The first kappa shape index (κ1) is 28.7. The number of fused-ring (bicyclic) bond motifs is 1. The zero-order chi connectivity index (χ0) is 27.8. The predicted octanol–water partition coefficient (Wildman–Crippen LogP) is 5.84. The van der Waals surface area contributed by atoms with Crippen molar-refractivity contribution in [3.8, 4) is 0 Å². The highest BCUT2D eigenvalue weighted by Crippen LogP contribution is 2.39. The smallest absolute Gasteiger partial charge is 0.269 e. The number of carbonyl (C=O) groups is 2. The molecule has 2 N–H and O–H groups in total. The number of piperidine rings is 1. The van der Waals surface area contributed by atoms with Gasteiger partial charge in [0.2, 0.25) is 5.91 Å². The zero-order valence-corrected chi connectivity index (χ0v) is 22.7. The van der Waals surface area contributed by atoms with Crippen molar-refractivity contribution in [1.29, 1.82) is 0 Å². The van der Waals surface area contributed by atoms with Gasteiger partial charge in [-0.1, -0.05) is 76.5 Å². The van der Waals surface area contributed by atoms with Crippen molar-refractivity contribution in [3.05, 3.63) is 64.7 Å². The molecule has 4 atom stereocenters. The first-order chi connectivity index (χ1) is 18.9. The van der Waals surface area contributed by atoms with E-state index < -0.39 is 23.0 Å². The van der Waals surface area contributed by atoms with Crippen molar-refractivity contribution in [2.45, 2.75) is 95.7 Å². The number of hydrogen-bond acceptors (Lipinski definition) is 7. The predicted molar refractivity (Wildman–Crippen MR) is 151 cm³/mol. The van der Waals surface area contributed by atoms with Gasteiger partial charge in [-0.25, -0.2) is 9.91 Å². The first-order valence-electron chi connectivity index (χ1n) is 14.3. The van der Waals surface area contributed by atoms with Crippen molar-refractivity contribution in [1.82, 2.24) is 5.01 Å². The molecule has 210 valence electrons. The highest BCUT2D eigenvalue weighted by Gasteiger charge is 2.55. The Morgan fingerprint density at radius 2 is 1.56 bits per heavy atom. The SMILES string of the molecule is CCCCCCCCCC[C@@H](O)[C@H]1CCC2C(=O)N(c3ccccc3)C(=O)[C@H]2N1Nc1ccc([N+](=O)[O-])cc1. The Labute approximate surface area is 230 Å². The van der Waals surface area contributed by atoms with E-state index in [0.717, 1.165) is 19.3 Å². The summed E-state index contributed by atoms with van der Waals surface area (Å²) in [4.78, 5) is 39.0. The van der Waals surface area contributed by atoms with Gasteiger partial charge in [-0.05, 0) is 43.5 Å². The van der Waals surface area contributed by atoms with Crippen LogP contribution in [-0.4, -0.2) is 45.0 Å². The third kappa shape index (κ3) is 6.83. The van der Waals surface area contributed by atoms with E-state index in [0.29, 0.717) is 30.6 Å². The van der Waals surface area contributed by atoms with Crippen molar-refractivity contribution < 1.29 is 19.6 Å². The highest BCUT2D eigenvalue weighted by molar-refractivity contribution is 6.23. The Morgan fingerprint density at radius 1 is 0.923 bits per heavy atom. The van der Waals surface area contributed by atoms with Crippen LogP contribution in [0.5, 0.6) is 0 Å². The molecule has 2 aliphatic rings. The van der Waals surface area contributed by atoms with Crippen LogP contribution in [0.15, 0.2) is 54.6 Å². The van der Waals surface area contributed by atoms with Crippen molar-refractivity contribution >= 4 is 28.9 Å². The van der Waals surface area contributed by atoms with Gasteiger partial charge in [0.05, 0.1) is 28.7 Å². The average Bonchev–Trinajstić information content (AvgIpc) is 3.20. The maximum atomic E-state index is 13.7. The fourth-order valence-electron chi connectivity index (χ4n) is 5.85. The maximum Gasteiger partial charge on any atom is 0.269 e. The number of non-ortho nitro benzene ring substituents is 1. The second-order valence-electron chi connectivity index (χ2n) is 10.7. The number of nitrogens with zero attached hydrogens (tertiary/aromatic N) is 3. The second-order valence-corrected chi connectivity index (χ2v) is 10.7. The van der Waals surface area contributed by atoms with Gasteiger partial charge in [0.1, 0.15) is 6.04 Å². The minimum Gasteiger partial charge on any atom is -0.391 e. The number of nitro groups is 1. The average molecular weight is 537 g/mol. The molecule has 2 aromatic rings. The normalized spacial score (nSPS) is 22.1. The number of benzene rings is 2. The summed E-state index contributed by atoms with van der Waals surface area (Å²) in [5.74, 6) is -1.09. The van der Waals surface area contributed by atoms with E-state index in [1.165, 1.54) is 49.1 Å². The molecule has 9 heteroatoms. The van der Waals surface area contributed by atoms with Gasteiger partial charge in [0.25, 0.3) is 11.6 Å². The summed E-state index contributed by atoms with van der Waals surface area (Å²) in [6.07, 6.45) is 10.4. The summed E-state index contributed by atoms with van der Waals surface area (Å²) >= 11 is 0. The zero-order valence-electron chi connectivity index (χ0n) is 22.7. The number of nitrogens with one attached hydrogen (secondary N) is 1.